The molecular weight excluding hydrogens is 444 g/mol. The third kappa shape index (κ3) is 5.25. The first-order chi connectivity index (χ1) is 16.6. The fourth-order valence-corrected chi connectivity index (χ4v) is 4.82. The predicted octanol–water partition coefficient (Wildman–Crippen LogP) is 5.49. The van der Waals surface area contributed by atoms with E-state index in [1.807, 2.05) is 33.7 Å². The van der Waals surface area contributed by atoms with Crippen LogP contribution in [0.3, 0.4) is 0 Å². The van der Waals surface area contributed by atoms with E-state index in [1.165, 1.54) is 22.9 Å². The van der Waals surface area contributed by atoms with Crippen LogP contribution in [0.1, 0.15) is 35.3 Å². The molecule has 6 nitrogen and oxygen atoms in total. The van der Waals surface area contributed by atoms with Crippen LogP contribution in [0.15, 0.2) is 76.5 Å². The van der Waals surface area contributed by atoms with Crippen molar-refractivity contribution in [1.29, 1.82) is 0 Å². The van der Waals surface area contributed by atoms with Gasteiger partial charge in [0, 0.05) is 18.2 Å². The van der Waals surface area contributed by atoms with Crippen LogP contribution >= 0.6 is 11.8 Å². The Morgan fingerprint density at radius 2 is 1.88 bits per heavy atom. The topological polar surface area (TPSA) is 64.2 Å². The summed E-state index contributed by atoms with van der Waals surface area (Å²) in [5, 5.41) is 9.65. The van der Waals surface area contributed by atoms with Crippen molar-refractivity contribution >= 4 is 17.7 Å². The number of furan rings is 1. The molecule has 0 bridgehead atoms. The number of aryl methyl sites for hydroxylation is 2. The SMILES string of the molecule is Cc1ccc(CN(C(=O)CSc2nnc(-c3cccc(C)c3)n2Cc2ccco2)C2CC2)cc1. The Balaban J connectivity index is 1.34. The standard InChI is InChI=1S/C27H28N4O2S/c1-19-8-10-21(11-9-19)16-30(23-12-13-23)25(32)18-34-27-29-28-26(22-6-3-5-20(2)15-22)31(27)17-24-7-4-14-33-24/h3-11,14-15,23H,12-13,16-18H2,1-2H3. The fourth-order valence-electron chi connectivity index (χ4n) is 4.00. The van der Waals surface area contributed by atoms with Crippen LogP contribution in [0.5, 0.6) is 0 Å². The lowest BCUT2D eigenvalue weighted by atomic mass is 10.1. The molecule has 0 radical (unpaired) electrons. The van der Waals surface area contributed by atoms with Gasteiger partial charge in [0.25, 0.3) is 0 Å². The molecule has 1 fully saturated rings. The first-order valence-electron chi connectivity index (χ1n) is 11.6. The maximum absolute atomic E-state index is 13.2. The molecule has 7 heteroatoms. The Hall–Kier alpha value is -3.32. The smallest absolute Gasteiger partial charge is 0.233 e. The molecule has 1 aliphatic rings. The zero-order valence-corrected chi connectivity index (χ0v) is 20.3. The summed E-state index contributed by atoms with van der Waals surface area (Å²) in [4.78, 5) is 15.3. The number of rotatable bonds is 9. The van der Waals surface area contributed by atoms with Gasteiger partial charge < -0.3 is 9.32 Å². The Morgan fingerprint density at radius 1 is 1.06 bits per heavy atom. The number of thioether (sulfide) groups is 1. The summed E-state index contributed by atoms with van der Waals surface area (Å²) in [6.07, 6.45) is 3.82. The molecule has 1 saturated carbocycles. The molecule has 2 aromatic carbocycles. The number of carbonyl (C=O) groups excluding carboxylic acids is 1. The summed E-state index contributed by atoms with van der Waals surface area (Å²) in [5.74, 6) is 2.05. The molecule has 0 atom stereocenters. The van der Waals surface area contributed by atoms with Crippen molar-refractivity contribution in [3.63, 3.8) is 0 Å². The van der Waals surface area contributed by atoms with E-state index in [4.69, 9.17) is 4.42 Å². The van der Waals surface area contributed by atoms with Gasteiger partial charge in [0.1, 0.15) is 5.76 Å². The Labute approximate surface area is 204 Å². The first kappa shape index (κ1) is 22.5. The molecule has 1 aliphatic carbocycles. The van der Waals surface area contributed by atoms with Gasteiger partial charge in [0.05, 0.1) is 18.6 Å². The Bertz CT molecular complexity index is 1260. The average Bonchev–Trinajstić information content (AvgIpc) is 3.39. The van der Waals surface area contributed by atoms with Crippen LogP contribution in [0.25, 0.3) is 11.4 Å². The minimum atomic E-state index is 0.137. The maximum Gasteiger partial charge on any atom is 0.233 e. The van der Waals surface area contributed by atoms with Crippen LogP contribution in [-0.2, 0) is 17.9 Å². The number of benzene rings is 2. The highest BCUT2D eigenvalue weighted by Gasteiger charge is 2.32. The summed E-state index contributed by atoms with van der Waals surface area (Å²) in [7, 11) is 0. The highest BCUT2D eigenvalue weighted by molar-refractivity contribution is 7.99. The summed E-state index contributed by atoms with van der Waals surface area (Å²) >= 11 is 1.44. The molecular formula is C27H28N4O2S. The van der Waals surface area contributed by atoms with Crippen LogP contribution in [-0.4, -0.2) is 37.4 Å². The minimum Gasteiger partial charge on any atom is -0.467 e. The number of nitrogens with zero attached hydrogens (tertiary/aromatic N) is 4. The molecule has 0 aliphatic heterocycles. The molecule has 0 saturated heterocycles. The molecule has 34 heavy (non-hydrogen) atoms. The Morgan fingerprint density at radius 3 is 2.59 bits per heavy atom. The third-order valence-electron chi connectivity index (χ3n) is 5.99. The van der Waals surface area contributed by atoms with E-state index in [9.17, 15) is 4.79 Å². The summed E-state index contributed by atoms with van der Waals surface area (Å²) in [5.41, 5.74) is 4.55. The molecule has 4 aromatic rings. The van der Waals surface area contributed by atoms with E-state index in [2.05, 4.69) is 60.4 Å². The Kier molecular flexibility index (Phi) is 6.54. The summed E-state index contributed by atoms with van der Waals surface area (Å²) in [6, 6.07) is 20.8. The number of carbonyl (C=O) groups is 1. The van der Waals surface area contributed by atoms with Gasteiger partial charge in [0.15, 0.2) is 11.0 Å². The summed E-state index contributed by atoms with van der Waals surface area (Å²) < 4.78 is 7.63. The fraction of sp³-hybridized carbons (Fsp3) is 0.296. The van der Waals surface area contributed by atoms with Crippen molar-refractivity contribution in [1.82, 2.24) is 19.7 Å². The van der Waals surface area contributed by atoms with Gasteiger partial charge in [-0.25, -0.2) is 0 Å². The molecule has 2 heterocycles. The van der Waals surface area contributed by atoms with Crippen molar-refractivity contribution in [2.24, 2.45) is 0 Å². The normalized spacial score (nSPS) is 13.2. The monoisotopic (exact) mass is 472 g/mol. The second kappa shape index (κ2) is 9.89. The van der Waals surface area contributed by atoms with Crippen molar-refractivity contribution in [2.75, 3.05) is 5.75 Å². The first-order valence-corrected chi connectivity index (χ1v) is 12.6. The van der Waals surface area contributed by atoms with E-state index in [0.29, 0.717) is 30.0 Å². The molecule has 0 N–H and O–H groups in total. The lowest BCUT2D eigenvalue weighted by Gasteiger charge is -2.22. The van der Waals surface area contributed by atoms with E-state index in [0.717, 1.165) is 35.6 Å². The average molecular weight is 473 g/mol. The lowest BCUT2D eigenvalue weighted by Crippen LogP contribution is -2.34. The van der Waals surface area contributed by atoms with E-state index >= 15 is 0 Å². The van der Waals surface area contributed by atoms with E-state index < -0.39 is 0 Å². The van der Waals surface area contributed by atoms with Gasteiger partial charge in [-0.3, -0.25) is 9.36 Å². The zero-order chi connectivity index (χ0) is 23.5. The second-order valence-corrected chi connectivity index (χ2v) is 9.81. The van der Waals surface area contributed by atoms with Gasteiger partial charge in [0.2, 0.25) is 5.91 Å². The predicted molar refractivity (Wildman–Crippen MR) is 133 cm³/mol. The van der Waals surface area contributed by atoms with Gasteiger partial charge in [-0.1, -0.05) is 65.4 Å². The van der Waals surface area contributed by atoms with E-state index in [-0.39, 0.29) is 5.91 Å². The maximum atomic E-state index is 13.2. The van der Waals surface area contributed by atoms with Crippen molar-refractivity contribution < 1.29 is 9.21 Å². The molecule has 0 unspecified atom stereocenters. The van der Waals surface area contributed by atoms with Crippen LogP contribution in [0, 0.1) is 13.8 Å². The molecule has 5 rings (SSSR count). The van der Waals surface area contributed by atoms with Crippen LogP contribution in [0.4, 0.5) is 0 Å². The van der Waals surface area contributed by atoms with Gasteiger partial charge in [-0.15, -0.1) is 10.2 Å². The van der Waals surface area contributed by atoms with Gasteiger partial charge >= 0.3 is 0 Å². The van der Waals surface area contributed by atoms with Crippen molar-refractivity contribution in [2.45, 2.75) is 51.0 Å². The van der Waals surface area contributed by atoms with Crippen molar-refractivity contribution in [3.8, 4) is 11.4 Å². The number of aromatic nitrogens is 3. The highest BCUT2D eigenvalue weighted by Crippen LogP contribution is 2.31. The molecule has 2 aromatic heterocycles. The van der Waals surface area contributed by atoms with Gasteiger partial charge in [-0.05, 0) is 50.5 Å². The lowest BCUT2D eigenvalue weighted by molar-refractivity contribution is -0.129. The number of hydrogen-bond acceptors (Lipinski definition) is 5. The van der Waals surface area contributed by atoms with Gasteiger partial charge in [-0.2, -0.15) is 0 Å². The number of hydrogen-bond donors (Lipinski definition) is 0. The van der Waals surface area contributed by atoms with E-state index in [1.54, 1.807) is 6.26 Å². The number of amides is 1. The molecule has 1 amide bonds. The highest BCUT2D eigenvalue weighted by atomic mass is 32.2. The largest absolute Gasteiger partial charge is 0.467 e. The zero-order valence-electron chi connectivity index (χ0n) is 19.5. The van der Waals surface area contributed by atoms with Crippen LogP contribution in [0.2, 0.25) is 0 Å². The van der Waals surface area contributed by atoms with Crippen LogP contribution < -0.4 is 0 Å². The molecule has 0 spiro atoms. The second-order valence-electron chi connectivity index (χ2n) is 8.87. The molecule has 174 valence electrons. The van der Waals surface area contributed by atoms with Crippen molar-refractivity contribution in [3.05, 3.63) is 89.4 Å². The summed E-state index contributed by atoms with van der Waals surface area (Å²) in [6.45, 7) is 5.30. The minimum absolute atomic E-state index is 0.137. The third-order valence-corrected chi connectivity index (χ3v) is 6.94. The quantitative estimate of drug-likeness (QED) is 0.302.